The van der Waals surface area contributed by atoms with Crippen LogP contribution in [0.1, 0.15) is 24.9 Å². The van der Waals surface area contributed by atoms with Crippen LogP contribution in [-0.4, -0.2) is 35.1 Å². The van der Waals surface area contributed by atoms with Gasteiger partial charge in [-0.05, 0) is 18.9 Å². The summed E-state index contributed by atoms with van der Waals surface area (Å²) >= 11 is 0. The molecule has 0 radical (unpaired) electrons. The molecule has 0 spiro atoms. The van der Waals surface area contributed by atoms with Crippen LogP contribution in [-0.2, 0) is 4.79 Å². The van der Waals surface area contributed by atoms with E-state index in [9.17, 15) is 9.59 Å². The van der Waals surface area contributed by atoms with Gasteiger partial charge in [0.15, 0.2) is 0 Å². The van der Waals surface area contributed by atoms with Gasteiger partial charge in [0.2, 0.25) is 0 Å². The van der Waals surface area contributed by atoms with E-state index in [0.717, 1.165) is 5.56 Å². The van der Waals surface area contributed by atoms with Crippen LogP contribution in [0.25, 0.3) is 0 Å². The Labute approximate surface area is 112 Å². The molecule has 5 nitrogen and oxygen atoms in total. The molecule has 2 N–H and O–H groups in total. The number of carbonyl (C=O) groups is 2. The highest BCUT2D eigenvalue weighted by molar-refractivity contribution is 5.77. The molecule has 19 heavy (non-hydrogen) atoms. The molecule has 5 heteroatoms. The molecule has 0 bridgehead atoms. The lowest BCUT2D eigenvalue weighted by Gasteiger charge is -2.21. The van der Waals surface area contributed by atoms with E-state index in [1.165, 1.54) is 0 Å². The summed E-state index contributed by atoms with van der Waals surface area (Å²) in [6.07, 6.45) is 0.530. The van der Waals surface area contributed by atoms with Crippen molar-refractivity contribution in [3.8, 4) is 0 Å². The highest BCUT2D eigenvalue weighted by Gasteiger charge is 2.31. The van der Waals surface area contributed by atoms with Crippen LogP contribution in [0.2, 0.25) is 0 Å². The van der Waals surface area contributed by atoms with Crippen molar-refractivity contribution in [2.45, 2.75) is 19.4 Å². The zero-order valence-corrected chi connectivity index (χ0v) is 10.9. The number of carboxylic acid groups (broad SMARTS) is 1. The predicted octanol–water partition coefficient (Wildman–Crippen LogP) is 1.86. The van der Waals surface area contributed by atoms with Crippen LogP contribution in [0, 0.1) is 5.92 Å². The molecule has 1 aromatic rings. The first kappa shape index (κ1) is 13.4. The number of carbonyl (C=O) groups excluding carboxylic acids is 1. The van der Waals surface area contributed by atoms with E-state index in [-0.39, 0.29) is 12.1 Å². The summed E-state index contributed by atoms with van der Waals surface area (Å²) in [5, 5.41) is 11.8. The lowest BCUT2D eigenvalue weighted by molar-refractivity contribution is -0.141. The van der Waals surface area contributed by atoms with Crippen molar-refractivity contribution in [3.63, 3.8) is 0 Å². The van der Waals surface area contributed by atoms with Gasteiger partial charge in [-0.2, -0.15) is 0 Å². The van der Waals surface area contributed by atoms with Gasteiger partial charge >= 0.3 is 12.0 Å². The van der Waals surface area contributed by atoms with Gasteiger partial charge in [0.1, 0.15) is 0 Å². The Bertz CT molecular complexity index is 461. The molecule has 1 unspecified atom stereocenters. The zero-order chi connectivity index (χ0) is 13.8. The van der Waals surface area contributed by atoms with Gasteiger partial charge in [0.25, 0.3) is 0 Å². The molecule has 1 fully saturated rings. The Morgan fingerprint density at radius 3 is 2.63 bits per heavy atom. The van der Waals surface area contributed by atoms with Gasteiger partial charge in [-0.15, -0.1) is 0 Å². The summed E-state index contributed by atoms with van der Waals surface area (Å²) in [4.78, 5) is 24.4. The molecule has 1 aromatic carbocycles. The van der Waals surface area contributed by atoms with E-state index in [1.807, 2.05) is 37.3 Å². The number of carboxylic acids is 1. The fourth-order valence-corrected chi connectivity index (χ4v) is 2.25. The Balaban J connectivity index is 1.90. The van der Waals surface area contributed by atoms with Crippen molar-refractivity contribution < 1.29 is 14.7 Å². The second-order valence-electron chi connectivity index (χ2n) is 4.85. The van der Waals surface area contributed by atoms with Crippen LogP contribution in [0.4, 0.5) is 4.79 Å². The van der Waals surface area contributed by atoms with Crippen LogP contribution in [0.15, 0.2) is 30.3 Å². The van der Waals surface area contributed by atoms with Crippen LogP contribution < -0.4 is 5.32 Å². The van der Waals surface area contributed by atoms with Gasteiger partial charge in [-0.25, -0.2) is 4.79 Å². The minimum absolute atomic E-state index is 0.0856. The molecule has 0 saturated carbocycles. The molecule has 2 amide bonds. The topological polar surface area (TPSA) is 69.6 Å². The molecule has 1 saturated heterocycles. The number of hydrogen-bond acceptors (Lipinski definition) is 2. The maximum absolute atomic E-state index is 12.0. The minimum atomic E-state index is -0.827. The lowest BCUT2D eigenvalue weighted by Crippen LogP contribution is -2.40. The maximum Gasteiger partial charge on any atom is 0.317 e. The highest BCUT2D eigenvalue weighted by Crippen LogP contribution is 2.18. The second kappa shape index (κ2) is 5.73. The lowest BCUT2D eigenvalue weighted by atomic mass is 10.1. The number of nitrogens with one attached hydrogen (secondary N) is 1. The van der Waals surface area contributed by atoms with Gasteiger partial charge in [0, 0.05) is 13.1 Å². The molecule has 1 aliphatic heterocycles. The molecule has 102 valence electrons. The normalized spacial score (nSPS) is 20.1. The molecule has 2 atom stereocenters. The Morgan fingerprint density at radius 1 is 1.37 bits per heavy atom. The Morgan fingerprint density at radius 2 is 2.05 bits per heavy atom. The van der Waals surface area contributed by atoms with E-state index in [0.29, 0.717) is 19.5 Å². The monoisotopic (exact) mass is 262 g/mol. The first-order valence-corrected chi connectivity index (χ1v) is 6.41. The number of nitrogens with zero attached hydrogens (tertiary/aromatic N) is 1. The number of rotatable bonds is 3. The second-order valence-corrected chi connectivity index (χ2v) is 4.85. The van der Waals surface area contributed by atoms with Gasteiger partial charge < -0.3 is 15.3 Å². The number of benzene rings is 1. The predicted molar refractivity (Wildman–Crippen MR) is 70.7 cm³/mol. The minimum Gasteiger partial charge on any atom is -0.481 e. The molecular formula is C14H18N2O3. The smallest absolute Gasteiger partial charge is 0.317 e. The van der Waals surface area contributed by atoms with Crippen molar-refractivity contribution in [2.75, 3.05) is 13.1 Å². The Hall–Kier alpha value is -2.04. The first-order chi connectivity index (χ1) is 9.08. The maximum atomic E-state index is 12.0. The number of aliphatic carboxylic acids is 1. The molecule has 1 aliphatic rings. The average Bonchev–Trinajstić information content (AvgIpc) is 2.89. The van der Waals surface area contributed by atoms with Crippen molar-refractivity contribution in [2.24, 2.45) is 5.92 Å². The fraction of sp³-hybridized carbons (Fsp3) is 0.429. The summed E-state index contributed by atoms with van der Waals surface area (Å²) in [6.45, 7) is 2.71. The SMILES string of the molecule is C[C@H](NC(=O)N1CCC(C(=O)O)C1)c1ccccc1. The van der Waals surface area contributed by atoms with Crippen molar-refractivity contribution in [1.29, 1.82) is 0 Å². The van der Waals surface area contributed by atoms with Crippen LogP contribution in [0.5, 0.6) is 0 Å². The molecule has 2 rings (SSSR count). The number of amides is 2. The van der Waals surface area contributed by atoms with E-state index >= 15 is 0 Å². The third-order valence-corrected chi connectivity index (χ3v) is 3.46. The summed E-state index contributed by atoms with van der Waals surface area (Å²) in [5.74, 6) is -1.26. The van der Waals surface area contributed by atoms with Crippen LogP contribution in [0.3, 0.4) is 0 Å². The fourth-order valence-electron chi connectivity index (χ4n) is 2.25. The van der Waals surface area contributed by atoms with Crippen molar-refractivity contribution in [1.82, 2.24) is 10.2 Å². The van der Waals surface area contributed by atoms with Gasteiger partial charge in [-0.3, -0.25) is 4.79 Å². The Kier molecular flexibility index (Phi) is 4.04. The van der Waals surface area contributed by atoms with Gasteiger partial charge in [-0.1, -0.05) is 30.3 Å². The number of hydrogen-bond donors (Lipinski definition) is 2. The summed E-state index contributed by atoms with van der Waals surface area (Å²) < 4.78 is 0. The van der Waals surface area contributed by atoms with Gasteiger partial charge in [0.05, 0.1) is 12.0 Å². The number of likely N-dealkylation sites (tertiary alicyclic amines) is 1. The summed E-state index contributed by atoms with van der Waals surface area (Å²) in [5.41, 5.74) is 1.03. The standard InChI is InChI=1S/C14H18N2O3/c1-10(11-5-3-2-4-6-11)15-14(19)16-8-7-12(9-16)13(17)18/h2-6,10,12H,7-9H2,1H3,(H,15,19)(H,17,18)/t10-,12?/m0/s1. The highest BCUT2D eigenvalue weighted by atomic mass is 16.4. The molecule has 1 heterocycles. The van der Waals surface area contributed by atoms with Crippen molar-refractivity contribution >= 4 is 12.0 Å². The molecule has 0 aliphatic carbocycles. The third kappa shape index (κ3) is 3.24. The van der Waals surface area contributed by atoms with E-state index in [2.05, 4.69) is 5.32 Å². The molecular weight excluding hydrogens is 244 g/mol. The van der Waals surface area contributed by atoms with E-state index in [4.69, 9.17) is 5.11 Å². The summed E-state index contributed by atoms with van der Waals surface area (Å²) in [6, 6.07) is 9.40. The first-order valence-electron chi connectivity index (χ1n) is 6.41. The summed E-state index contributed by atoms with van der Waals surface area (Å²) in [7, 11) is 0. The average molecular weight is 262 g/mol. The molecule has 0 aromatic heterocycles. The van der Waals surface area contributed by atoms with Crippen LogP contribution >= 0.6 is 0 Å². The quantitative estimate of drug-likeness (QED) is 0.873. The number of urea groups is 1. The third-order valence-electron chi connectivity index (χ3n) is 3.46. The zero-order valence-electron chi connectivity index (χ0n) is 10.9. The van der Waals surface area contributed by atoms with E-state index in [1.54, 1.807) is 4.90 Å². The largest absolute Gasteiger partial charge is 0.481 e. The van der Waals surface area contributed by atoms with Crippen molar-refractivity contribution in [3.05, 3.63) is 35.9 Å². The van der Waals surface area contributed by atoms with E-state index < -0.39 is 11.9 Å².